The van der Waals surface area contributed by atoms with E-state index in [4.69, 9.17) is 4.74 Å². The Morgan fingerprint density at radius 1 is 1.47 bits per heavy atom. The van der Waals surface area contributed by atoms with E-state index in [9.17, 15) is 9.59 Å². The normalized spacial score (nSPS) is 14.1. The Labute approximate surface area is 116 Å². The average Bonchev–Trinajstić information content (AvgIpc) is 2.61. The zero-order chi connectivity index (χ0) is 14.6. The Morgan fingerprint density at radius 3 is 2.58 bits per heavy atom. The van der Waals surface area contributed by atoms with Crippen LogP contribution in [0.1, 0.15) is 27.7 Å². The van der Waals surface area contributed by atoms with Gasteiger partial charge in [-0.05, 0) is 27.7 Å². The minimum atomic E-state index is -0.725. The largest absolute Gasteiger partial charge is 0.444 e. The number of carbonyl (C=O) groups excluding carboxylic acids is 2. The summed E-state index contributed by atoms with van der Waals surface area (Å²) in [6.45, 7) is 6.85. The number of hydrogen-bond donors (Lipinski definition) is 1. The van der Waals surface area contributed by atoms with Crippen molar-refractivity contribution in [2.45, 2.75) is 39.3 Å². The van der Waals surface area contributed by atoms with E-state index in [0.717, 1.165) is 0 Å². The van der Waals surface area contributed by atoms with Crippen LogP contribution in [0.2, 0.25) is 0 Å². The summed E-state index contributed by atoms with van der Waals surface area (Å²) >= 11 is 1.36. The lowest BCUT2D eigenvalue weighted by Crippen LogP contribution is -2.41. The first-order valence-corrected chi connectivity index (χ1v) is 6.75. The molecule has 0 bridgehead atoms. The van der Waals surface area contributed by atoms with Gasteiger partial charge < -0.3 is 14.6 Å². The predicted molar refractivity (Wildman–Crippen MR) is 72.7 cm³/mol. The first-order chi connectivity index (χ1) is 8.69. The fourth-order valence-electron chi connectivity index (χ4n) is 1.17. The molecule has 7 heteroatoms. The van der Waals surface area contributed by atoms with Gasteiger partial charge in [-0.3, -0.25) is 4.79 Å². The Morgan fingerprint density at radius 2 is 2.11 bits per heavy atom. The van der Waals surface area contributed by atoms with E-state index in [0.29, 0.717) is 4.80 Å². The monoisotopic (exact) mass is 285 g/mol. The van der Waals surface area contributed by atoms with Crippen molar-refractivity contribution in [1.29, 1.82) is 0 Å². The lowest BCUT2D eigenvalue weighted by molar-refractivity contribution is -0.119. The fraction of sp³-hybridized carbons (Fsp3) is 0.583. The number of nitrogens with zero attached hydrogens (tertiary/aromatic N) is 2. The van der Waals surface area contributed by atoms with Crippen LogP contribution in [-0.2, 0) is 16.6 Å². The van der Waals surface area contributed by atoms with Crippen LogP contribution in [0.15, 0.2) is 16.6 Å². The molecule has 0 aliphatic carbocycles. The molecule has 0 aliphatic heterocycles. The molecule has 1 aromatic rings. The molecule has 6 nitrogen and oxygen atoms in total. The van der Waals surface area contributed by atoms with E-state index in [1.54, 1.807) is 39.3 Å². The van der Waals surface area contributed by atoms with E-state index in [2.05, 4.69) is 10.3 Å². The number of aryl methyl sites for hydroxylation is 1. The Bertz CT molecular complexity index is 525. The number of hydrogen-bond acceptors (Lipinski definition) is 4. The minimum absolute atomic E-state index is 0.413. The molecule has 106 valence electrons. The van der Waals surface area contributed by atoms with Gasteiger partial charge in [-0.25, -0.2) is 4.79 Å². The van der Waals surface area contributed by atoms with E-state index in [-0.39, 0.29) is 0 Å². The van der Waals surface area contributed by atoms with Crippen LogP contribution in [0.3, 0.4) is 0 Å². The zero-order valence-electron chi connectivity index (χ0n) is 11.8. The van der Waals surface area contributed by atoms with E-state index in [1.807, 2.05) is 11.6 Å². The van der Waals surface area contributed by atoms with Gasteiger partial charge in [0.05, 0.1) is 0 Å². The van der Waals surface area contributed by atoms with Crippen LogP contribution in [-0.4, -0.2) is 28.2 Å². The van der Waals surface area contributed by atoms with Crippen LogP contribution in [0.25, 0.3) is 0 Å². The molecule has 1 heterocycles. The molecule has 0 spiro atoms. The molecule has 0 fully saturated rings. The molecule has 19 heavy (non-hydrogen) atoms. The second-order valence-corrected chi connectivity index (χ2v) is 5.99. The highest BCUT2D eigenvalue weighted by molar-refractivity contribution is 7.07. The Hall–Kier alpha value is -1.63. The van der Waals surface area contributed by atoms with E-state index >= 15 is 0 Å². The maximum Gasteiger partial charge on any atom is 0.408 e. The molecule has 1 rings (SSSR count). The van der Waals surface area contributed by atoms with Crippen molar-refractivity contribution in [2.24, 2.45) is 12.0 Å². The topological polar surface area (TPSA) is 72.7 Å². The third-order valence-electron chi connectivity index (χ3n) is 2.07. The van der Waals surface area contributed by atoms with Gasteiger partial charge in [0.1, 0.15) is 11.6 Å². The molecular formula is C12H19N3O3S. The maximum atomic E-state index is 11.8. The second-order valence-electron chi connectivity index (χ2n) is 5.11. The van der Waals surface area contributed by atoms with Crippen molar-refractivity contribution in [1.82, 2.24) is 9.88 Å². The summed E-state index contributed by atoms with van der Waals surface area (Å²) in [4.78, 5) is 27.9. The Balaban J connectivity index is 2.65. The van der Waals surface area contributed by atoms with Crippen LogP contribution in [0, 0.1) is 0 Å². The fourth-order valence-corrected chi connectivity index (χ4v) is 1.91. The highest BCUT2D eigenvalue weighted by Crippen LogP contribution is 2.06. The molecule has 0 aromatic carbocycles. The van der Waals surface area contributed by atoms with Gasteiger partial charge >= 0.3 is 6.09 Å². The van der Waals surface area contributed by atoms with Crippen molar-refractivity contribution in [3.05, 3.63) is 16.4 Å². The Kier molecular flexibility index (Phi) is 4.88. The van der Waals surface area contributed by atoms with Gasteiger partial charge in [0.2, 0.25) is 0 Å². The van der Waals surface area contributed by atoms with Crippen LogP contribution < -0.4 is 10.1 Å². The van der Waals surface area contributed by atoms with Crippen molar-refractivity contribution in [3.8, 4) is 0 Å². The van der Waals surface area contributed by atoms with Crippen LogP contribution in [0.4, 0.5) is 4.79 Å². The van der Waals surface area contributed by atoms with Crippen LogP contribution >= 0.6 is 11.3 Å². The molecule has 2 amide bonds. The van der Waals surface area contributed by atoms with Gasteiger partial charge in [-0.15, -0.1) is 11.3 Å². The predicted octanol–water partition coefficient (Wildman–Crippen LogP) is 1.43. The van der Waals surface area contributed by atoms with Gasteiger partial charge in [0, 0.05) is 18.6 Å². The summed E-state index contributed by atoms with van der Waals surface area (Å²) < 4.78 is 6.81. The molecule has 0 unspecified atom stereocenters. The van der Waals surface area contributed by atoms with Crippen molar-refractivity contribution < 1.29 is 14.3 Å². The SMILES string of the molecule is C[C@H](NC(=O)OC(C)(C)C)C(=O)N=c1sccn1C. The van der Waals surface area contributed by atoms with E-state index in [1.165, 1.54) is 11.3 Å². The number of nitrogens with one attached hydrogen (secondary N) is 1. The summed E-state index contributed by atoms with van der Waals surface area (Å²) in [6.07, 6.45) is 1.18. The highest BCUT2D eigenvalue weighted by atomic mass is 32.1. The average molecular weight is 285 g/mol. The number of alkyl carbamates (subject to hydrolysis) is 1. The minimum Gasteiger partial charge on any atom is -0.444 e. The molecule has 0 saturated carbocycles. The quantitative estimate of drug-likeness (QED) is 0.893. The van der Waals surface area contributed by atoms with E-state index < -0.39 is 23.6 Å². The number of rotatable bonds is 2. The van der Waals surface area contributed by atoms with Crippen molar-refractivity contribution >= 4 is 23.3 Å². The summed E-state index contributed by atoms with van der Waals surface area (Å²) in [5.74, 6) is -0.413. The third kappa shape index (κ3) is 5.25. The van der Waals surface area contributed by atoms with Crippen molar-refractivity contribution in [3.63, 3.8) is 0 Å². The lowest BCUT2D eigenvalue weighted by Gasteiger charge is -2.20. The summed E-state index contributed by atoms with van der Waals surface area (Å²) in [5.41, 5.74) is -0.593. The smallest absolute Gasteiger partial charge is 0.408 e. The first-order valence-electron chi connectivity index (χ1n) is 5.87. The highest BCUT2D eigenvalue weighted by Gasteiger charge is 2.20. The number of amides is 2. The molecule has 1 atom stereocenters. The van der Waals surface area contributed by atoms with Crippen LogP contribution in [0.5, 0.6) is 0 Å². The number of thiazole rings is 1. The summed E-state index contributed by atoms with van der Waals surface area (Å²) in [7, 11) is 1.80. The zero-order valence-corrected chi connectivity index (χ0v) is 12.6. The molecule has 1 aromatic heterocycles. The third-order valence-corrected chi connectivity index (χ3v) is 2.92. The molecule has 0 saturated heterocycles. The maximum absolute atomic E-state index is 11.8. The summed E-state index contributed by atoms with van der Waals surface area (Å²) in [6, 6.07) is -0.725. The van der Waals surface area contributed by atoms with Crippen molar-refractivity contribution in [2.75, 3.05) is 0 Å². The van der Waals surface area contributed by atoms with Gasteiger partial charge in [0.15, 0.2) is 4.80 Å². The van der Waals surface area contributed by atoms with Gasteiger partial charge in [-0.1, -0.05) is 0 Å². The number of aromatic nitrogens is 1. The molecular weight excluding hydrogens is 266 g/mol. The number of carbonyl (C=O) groups is 2. The van der Waals surface area contributed by atoms with Gasteiger partial charge in [-0.2, -0.15) is 4.99 Å². The van der Waals surface area contributed by atoms with Gasteiger partial charge in [0.25, 0.3) is 5.91 Å². The standard InChI is InChI=1S/C12H19N3O3S/c1-8(13-11(17)18-12(2,3)4)9(16)14-10-15(5)6-7-19-10/h6-8H,1-5H3,(H,13,17)/t8-/m0/s1. The second kappa shape index (κ2) is 6.01. The number of ether oxygens (including phenoxy) is 1. The lowest BCUT2D eigenvalue weighted by atomic mass is 10.2. The molecule has 1 N–H and O–H groups in total. The molecule has 0 aliphatic rings. The first kappa shape index (κ1) is 15.4. The molecule has 0 radical (unpaired) electrons. The summed E-state index contributed by atoms with van der Waals surface area (Å²) in [5, 5.41) is 4.29.